The second-order valence-corrected chi connectivity index (χ2v) is 9.98. The summed E-state index contributed by atoms with van der Waals surface area (Å²) in [6.07, 6.45) is 3.52. The molecule has 6 nitrogen and oxygen atoms in total. The topological polar surface area (TPSA) is 76.0 Å². The molecule has 0 bridgehead atoms. The van der Waals surface area contributed by atoms with Crippen LogP contribution in [0.1, 0.15) is 31.9 Å². The molecule has 8 heteroatoms. The number of carbonyl (C=O) groups is 2. The molecule has 2 amide bonds. The van der Waals surface area contributed by atoms with Crippen molar-refractivity contribution in [2.45, 2.75) is 32.5 Å². The Morgan fingerprint density at radius 2 is 1.85 bits per heavy atom. The van der Waals surface area contributed by atoms with Crippen molar-refractivity contribution in [2.75, 3.05) is 11.1 Å². The van der Waals surface area contributed by atoms with Gasteiger partial charge in [-0.1, -0.05) is 41.6 Å². The van der Waals surface area contributed by atoms with Gasteiger partial charge in [0.1, 0.15) is 0 Å². The minimum atomic E-state index is -0.132. The average molecular weight is 491 g/mol. The van der Waals surface area contributed by atoms with E-state index >= 15 is 0 Å². The van der Waals surface area contributed by atoms with Gasteiger partial charge in [0.25, 0.3) is 5.91 Å². The summed E-state index contributed by atoms with van der Waals surface area (Å²) in [6, 6.07) is 15.5. The van der Waals surface area contributed by atoms with Gasteiger partial charge in [-0.15, -0.1) is 11.3 Å². The molecule has 34 heavy (non-hydrogen) atoms. The van der Waals surface area contributed by atoms with E-state index in [0.29, 0.717) is 17.3 Å². The van der Waals surface area contributed by atoms with Crippen molar-refractivity contribution in [2.24, 2.45) is 0 Å². The number of benzene rings is 2. The van der Waals surface area contributed by atoms with E-state index in [2.05, 4.69) is 27.8 Å². The molecule has 0 aliphatic carbocycles. The summed E-state index contributed by atoms with van der Waals surface area (Å²) >= 11 is 2.97. The van der Waals surface area contributed by atoms with Gasteiger partial charge in [-0.25, -0.2) is 4.98 Å². The maximum absolute atomic E-state index is 12.6. The number of rotatable bonds is 8. The van der Waals surface area contributed by atoms with Crippen LogP contribution < -0.4 is 10.6 Å². The van der Waals surface area contributed by atoms with Crippen LogP contribution in [0.3, 0.4) is 0 Å². The Hall–Kier alpha value is -3.36. The van der Waals surface area contributed by atoms with Crippen molar-refractivity contribution in [3.63, 3.8) is 0 Å². The van der Waals surface area contributed by atoms with Gasteiger partial charge in [0, 0.05) is 34.2 Å². The zero-order valence-electron chi connectivity index (χ0n) is 19.3. The SMILES string of the molecule is Cc1cc(C)c(NC(=O)CSc2nccn2-c2cccc(C(=O)NCc3cccs3)c2)c(C)c1. The molecular formula is C26H26N4O2S2. The normalized spacial score (nSPS) is 10.8. The van der Waals surface area contributed by atoms with Crippen molar-refractivity contribution < 1.29 is 9.59 Å². The third-order valence-corrected chi connectivity index (χ3v) is 7.11. The smallest absolute Gasteiger partial charge is 0.251 e. The molecule has 0 atom stereocenters. The molecule has 0 saturated heterocycles. The first-order valence-electron chi connectivity index (χ1n) is 10.9. The fourth-order valence-corrected chi connectivity index (χ4v) is 5.17. The third-order valence-electron chi connectivity index (χ3n) is 5.27. The van der Waals surface area contributed by atoms with Crippen LogP contribution in [0.4, 0.5) is 5.69 Å². The van der Waals surface area contributed by atoms with Crippen LogP contribution >= 0.6 is 23.1 Å². The molecule has 0 radical (unpaired) electrons. The molecule has 0 spiro atoms. The third kappa shape index (κ3) is 5.76. The Kier molecular flexibility index (Phi) is 7.49. The standard InChI is InChI=1S/C26H26N4O2S2/c1-17-12-18(2)24(19(3)13-17)29-23(31)16-34-26-27-9-10-30(26)21-7-4-6-20(14-21)25(32)28-15-22-8-5-11-33-22/h4-14H,15-16H2,1-3H3,(H,28,32)(H,29,31). The summed E-state index contributed by atoms with van der Waals surface area (Å²) in [5, 5.41) is 8.65. The molecule has 2 N–H and O–H groups in total. The Morgan fingerprint density at radius 3 is 2.59 bits per heavy atom. The molecule has 174 valence electrons. The lowest BCUT2D eigenvalue weighted by molar-refractivity contribution is -0.113. The van der Waals surface area contributed by atoms with E-state index in [0.717, 1.165) is 27.4 Å². The number of aryl methyl sites for hydroxylation is 3. The fraction of sp³-hybridized carbons (Fsp3) is 0.192. The minimum absolute atomic E-state index is 0.0868. The highest BCUT2D eigenvalue weighted by molar-refractivity contribution is 7.99. The Bertz CT molecular complexity index is 1290. The van der Waals surface area contributed by atoms with E-state index in [-0.39, 0.29) is 17.6 Å². The number of hydrogen-bond acceptors (Lipinski definition) is 5. The minimum Gasteiger partial charge on any atom is -0.347 e. The van der Waals surface area contributed by atoms with Crippen LogP contribution in [0.5, 0.6) is 0 Å². The number of nitrogens with one attached hydrogen (secondary N) is 2. The predicted molar refractivity (Wildman–Crippen MR) is 139 cm³/mol. The van der Waals surface area contributed by atoms with Gasteiger partial charge in [-0.05, 0) is 61.5 Å². The molecule has 0 fully saturated rings. The van der Waals surface area contributed by atoms with E-state index in [1.807, 2.05) is 67.2 Å². The number of amides is 2. The molecular weight excluding hydrogens is 464 g/mol. The van der Waals surface area contributed by atoms with E-state index in [1.165, 1.54) is 17.3 Å². The highest BCUT2D eigenvalue weighted by Gasteiger charge is 2.13. The van der Waals surface area contributed by atoms with E-state index in [9.17, 15) is 9.59 Å². The first-order valence-corrected chi connectivity index (χ1v) is 12.7. The zero-order chi connectivity index (χ0) is 24.1. The van der Waals surface area contributed by atoms with Crippen molar-refractivity contribution >= 4 is 40.6 Å². The molecule has 2 heterocycles. The van der Waals surface area contributed by atoms with Crippen LogP contribution in [-0.2, 0) is 11.3 Å². The van der Waals surface area contributed by atoms with Crippen LogP contribution in [0, 0.1) is 20.8 Å². The molecule has 2 aromatic carbocycles. The number of hydrogen-bond donors (Lipinski definition) is 2. The second kappa shape index (κ2) is 10.7. The largest absolute Gasteiger partial charge is 0.347 e. The maximum atomic E-state index is 12.6. The van der Waals surface area contributed by atoms with Gasteiger partial charge >= 0.3 is 0 Å². The van der Waals surface area contributed by atoms with Crippen molar-refractivity contribution in [3.8, 4) is 5.69 Å². The Balaban J connectivity index is 1.41. The Labute approximate surface area is 207 Å². The summed E-state index contributed by atoms with van der Waals surface area (Å²) < 4.78 is 1.89. The summed E-state index contributed by atoms with van der Waals surface area (Å²) in [5.41, 5.74) is 5.52. The van der Waals surface area contributed by atoms with E-state index in [4.69, 9.17) is 0 Å². The monoisotopic (exact) mass is 490 g/mol. The lowest BCUT2D eigenvalue weighted by atomic mass is 10.1. The first kappa shape index (κ1) is 23.8. The molecule has 0 unspecified atom stereocenters. The number of aromatic nitrogens is 2. The van der Waals surface area contributed by atoms with Gasteiger partial charge < -0.3 is 10.6 Å². The molecule has 0 aliphatic heterocycles. The highest BCUT2D eigenvalue weighted by Crippen LogP contribution is 2.24. The van der Waals surface area contributed by atoms with Crippen molar-refractivity contribution in [1.82, 2.24) is 14.9 Å². The summed E-state index contributed by atoms with van der Waals surface area (Å²) in [7, 11) is 0. The van der Waals surface area contributed by atoms with Gasteiger partial charge in [-0.2, -0.15) is 0 Å². The Morgan fingerprint density at radius 1 is 1.06 bits per heavy atom. The number of nitrogens with zero attached hydrogens (tertiary/aromatic N) is 2. The first-order chi connectivity index (χ1) is 16.4. The van der Waals surface area contributed by atoms with Crippen molar-refractivity contribution in [3.05, 3.63) is 93.4 Å². The number of imidazole rings is 1. The predicted octanol–water partition coefficient (Wildman–Crippen LogP) is 5.52. The highest BCUT2D eigenvalue weighted by atomic mass is 32.2. The average Bonchev–Trinajstić information content (AvgIpc) is 3.50. The van der Waals surface area contributed by atoms with Crippen LogP contribution in [0.2, 0.25) is 0 Å². The van der Waals surface area contributed by atoms with E-state index < -0.39 is 0 Å². The summed E-state index contributed by atoms with van der Waals surface area (Å²) in [4.78, 5) is 30.8. The van der Waals surface area contributed by atoms with Crippen LogP contribution in [-0.4, -0.2) is 27.1 Å². The van der Waals surface area contributed by atoms with Gasteiger partial charge in [0.2, 0.25) is 5.91 Å². The van der Waals surface area contributed by atoms with Crippen LogP contribution in [0.15, 0.2) is 71.5 Å². The fourth-order valence-electron chi connectivity index (χ4n) is 3.76. The molecule has 0 saturated carbocycles. The van der Waals surface area contributed by atoms with Crippen LogP contribution in [0.25, 0.3) is 5.69 Å². The lowest BCUT2D eigenvalue weighted by Crippen LogP contribution is -2.22. The van der Waals surface area contributed by atoms with Gasteiger partial charge in [0.05, 0.1) is 12.3 Å². The number of thioether (sulfide) groups is 1. The number of thiophene rings is 1. The lowest BCUT2D eigenvalue weighted by Gasteiger charge is -2.13. The summed E-state index contributed by atoms with van der Waals surface area (Å²) in [5.74, 6) is 0.00851. The molecule has 4 rings (SSSR count). The van der Waals surface area contributed by atoms with E-state index in [1.54, 1.807) is 23.6 Å². The summed E-state index contributed by atoms with van der Waals surface area (Å²) in [6.45, 7) is 6.55. The number of carbonyl (C=O) groups excluding carboxylic acids is 2. The number of anilines is 1. The quantitative estimate of drug-likeness (QED) is 0.319. The zero-order valence-corrected chi connectivity index (χ0v) is 20.9. The van der Waals surface area contributed by atoms with Crippen molar-refractivity contribution in [1.29, 1.82) is 0 Å². The van der Waals surface area contributed by atoms with Gasteiger partial charge in [0.15, 0.2) is 5.16 Å². The van der Waals surface area contributed by atoms with Gasteiger partial charge in [-0.3, -0.25) is 14.2 Å². The molecule has 4 aromatic rings. The second-order valence-electron chi connectivity index (χ2n) is 8.00. The molecule has 0 aliphatic rings. The maximum Gasteiger partial charge on any atom is 0.251 e. The molecule has 2 aromatic heterocycles.